The summed E-state index contributed by atoms with van der Waals surface area (Å²) in [5.41, 5.74) is 0.517. The van der Waals surface area contributed by atoms with Gasteiger partial charge in [-0.1, -0.05) is 23.2 Å². The van der Waals surface area contributed by atoms with Crippen LogP contribution in [0.4, 0.5) is 0 Å². The van der Waals surface area contributed by atoms with Gasteiger partial charge in [-0.15, -0.1) is 0 Å². The molecule has 7 nitrogen and oxygen atoms in total. The molecule has 0 aliphatic heterocycles. The third kappa shape index (κ3) is 6.15. The molecule has 0 fully saturated rings. The summed E-state index contributed by atoms with van der Waals surface area (Å²) >= 11 is 9.63. The van der Waals surface area contributed by atoms with Crippen LogP contribution in [0, 0.1) is 0 Å². The minimum atomic E-state index is -4.20. The number of hydrogen-bond acceptors (Lipinski definition) is 4. The zero-order valence-corrected chi connectivity index (χ0v) is 23.9. The van der Waals surface area contributed by atoms with Gasteiger partial charge in [0.05, 0.1) is 0 Å². The van der Waals surface area contributed by atoms with E-state index in [0.717, 1.165) is 9.54 Å². The van der Waals surface area contributed by atoms with Crippen molar-refractivity contribution in [3.63, 3.8) is 0 Å². The van der Waals surface area contributed by atoms with Crippen LogP contribution in [0.1, 0.15) is 16.1 Å². The molecule has 0 radical (unpaired) electrons. The average Bonchev–Trinajstić information content (AvgIpc) is 3.23. The van der Waals surface area contributed by atoms with E-state index in [-0.39, 0.29) is 27.1 Å². The van der Waals surface area contributed by atoms with Crippen LogP contribution in [0.3, 0.4) is 0 Å². The van der Waals surface area contributed by atoms with Crippen molar-refractivity contribution in [2.24, 2.45) is 0 Å². The van der Waals surface area contributed by atoms with Gasteiger partial charge in [0.15, 0.2) is 0 Å². The van der Waals surface area contributed by atoms with Gasteiger partial charge >= 0.3 is 162 Å². The molecule has 180 valence electrons. The molecule has 1 aromatic heterocycles. The number of benzene rings is 2. The predicted molar refractivity (Wildman–Crippen MR) is 135 cm³/mol. The van der Waals surface area contributed by atoms with E-state index in [9.17, 15) is 23.1 Å². The topological polar surface area (TPSA) is 105 Å². The monoisotopic (exact) mass is 630 g/mol. The van der Waals surface area contributed by atoms with Gasteiger partial charge in [0.1, 0.15) is 0 Å². The van der Waals surface area contributed by atoms with E-state index in [0.29, 0.717) is 0 Å². The molecule has 11 heteroatoms. The number of aliphatic carboxylic acids is 1. The van der Waals surface area contributed by atoms with E-state index < -0.39 is 46.3 Å². The molecule has 2 aromatic carbocycles. The molecule has 0 spiro atoms. The Morgan fingerprint density at radius 2 is 1.62 bits per heavy atom. The second kappa shape index (κ2) is 10.3. The summed E-state index contributed by atoms with van der Waals surface area (Å²) in [5.74, 6) is -2.06. The molecule has 1 amide bonds. The molecule has 3 rings (SSSR count). The van der Waals surface area contributed by atoms with Crippen molar-refractivity contribution in [2.45, 2.75) is 32.2 Å². The Morgan fingerprint density at radius 3 is 2.15 bits per heavy atom. The number of rotatable bonds is 8. The van der Waals surface area contributed by atoms with Crippen LogP contribution in [0.5, 0.6) is 0 Å². The minimum absolute atomic E-state index is 0.0539. The van der Waals surface area contributed by atoms with Crippen molar-refractivity contribution >= 4 is 67.1 Å². The van der Waals surface area contributed by atoms with Crippen molar-refractivity contribution in [1.82, 2.24) is 9.29 Å². The van der Waals surface area contributed by atoms with Crippen LogP contribution in [-0.4, -0.2) is 53.8 Å². The molecule has 1 heterocycles. The Kier molecular flexibility index (Phi) is 8.06. The fourth-order valence-corrected chi connectivity index (χ4v) is 8.75. The summed E-state index contributed by atoms with van der Waals surface area (Å²) in [7, 11) is -4.20. The number of carboxylic acid groups (broad SMARTS) is 1. The fraction of sp³-hybridized carbons (Fsp3) is 0.217. The van der Waals surface area contributed by atoms with E-state index in [1.807, 2.05) is 24.3 Å². The van der Waals surface area contributed by atoms with E-state index in [1.165, 1.54) is 40.1 Å². The molecule has 0 aliphatic carbocycles. The van der Waals surface area contributed by atoms with Gasteiger partial charge in [-0.2, -0.15) is 0 Å². The maximum atomic E-state index is 13.1. The first-order valence-corrected chi connectivity index (χ1v) is 22.5. The Hall–Kier alpha value is -2.01. The van der Waals surface area contributed by atoms with Crippen molar-refractivity contribution in [2.75, 3.05) is 0 Å². The van der Waals surface area contributed by atoms with Crippen LogP contribution in [0.15, 0.2) is 65.7 Å². The van der Waals surface area contributed by atoms with E-state index in [2.05, 4.69) is 20.1 Å². The van der Waals surface area contributed by atoms with Crippen LogP contribution >= 0.6 is 23.2 Å². The Labute approximate surface area is 212 Å². The number of hydrogen-bond donors (Lipinski definition) is 2. The van der Waals surface area contributed by atoms with Crippen molar-refractivity contribution in [3.05, 3.63) is 82.1 Å². The number of carbonyl (C=O) groups excluding carboxylic acids is 1. The summed E-state index contributed by atoms with van der Waals surface area (Å²) in [5, 5.41) is 12.4. The standard InChI is InChI=1S/C20H15Cl2N2O5S.3CH3.Sn/c21-14-10-15(22)12-16(11-14)30(28,29)24-8-4-7-18(24)19(25)23-17(20(26)27)9-13-5-2-1-3-6-13;;;;/h2-8,10-12,17H,9H2,(H,23,25)(H,26,27);3*1H3;/t17-;;;;/m0..../s1. The summed E-state index contributed by atoms with van der Waals surface area (Å²) in [6.07, 6.45) is 1.25. The first-order chi connectivity index (χ1) is 15.8. The van der Waals surface area contributed by atoms with Crippen molar-refractivity contribution in [3.8, 4) is 0 Å². The first-order valence-electron chi connectivity index (χ1n) is 10.3. The van der Waals surface area contributed by atoms with Crippen LogP contribution in [0.25, 0.3) is 0 Å². The van der Waals surface area contributed by atoms with Crippen molar-refractivity contribution in [1.29, 1.82) is 0 Å². The normalized spacial score (nSPS) is 12.9. The summed E-state index contributed by atoms with van der Waals surface area (Å²) in [6, 6.07) is 13.0. The predicted octanol–water partition coefficient (Wildman–Crippen LogP) is 4.00. The number of halogens is 2. The zero-order chi connectivity index (χ0) is 25.3. The van der Waals surface area contributed by atoms with Crippen LogP contribution in [0.2, 0.25) is 24.9 Å². The fourth-order valence-electron chi connectivity index (χ4n) is 3.35. The molecular formula is C23H24Cl2N2O5SSn. The molecule has 1 atom stereocenters. The number of carbonyl (C=O) groups is 2. The quantitative estimate of drug-likeness (QED) is 0.367. The van der Waals surface area contributed by atoms with E-state index in [4.69, 9.17) is 23.2 Å². The molecular weight excluding hydrogens is 606 g/mol. The van der Waals surface area contributed by atoms with Crippen LogP contribution < -0.4 is 8.90 Å². The molecule has 34 heavy (non-hydrogen) atoms. The number of nitrogens with one attached hydrogen (secondary N) is 1. The van der Waals surface area contributed by atoms with Gasteiger partial charge in [-0.25, -0.2) is 0 Å². The summed E-state index contributed by atoms with van der Waals surface area (Å²) in [6.45, 7) is 0. The molecule has 0 aliphatic rings. The average molecular weight is 630 g/mol. The Morgan fingerprint density at radius 1 is 1.03 bits per heavy atom. The SMILES string of the molecule is [CH3][Sn]([CH3])([CH3])[c]1ccc(C[C@H](NC(=O)c2cccn2S(=O)(=O)c2cc(Cl)cc(Cl)c2)C(=O)O)cc1. The molecule has 2 N–H and O–H groups in total. The van der Waals surface area contributed by atoms with Gasteiger partial charge in [0.2, 0.25) is 0 Å². The molecule has 0 bridgehead atoms. The summed E-state index contributed by atoms with van der Waals surface area (Å²) in [4.78, 5) is 31.4. The van der Waals surface area contributed by atoms with E-state index in [1.54, 1.807) is 0 Å². The van der Waals surface area contributed by atoms with Gasteiger partial charge in [0, 0.05) is 10.0 Å². The molecule has 0 unspecified atom stereocenters. The molecule has 0 saturated carbocycles. The third-order valence-electron chi connectivity index (χ3n) is 5.20. The van der Waals surface area contributed by atoms with Gasteiger partial charge in [-0.05, 0) is 18.2 Å². The molecule has 0 saturated heterocycles. The van der Waals surface area contributed by atoms with Crippen LogP contribution in [-0.2, 0) is 21.2 Å². The maximum absolute atomic E-state index is 13.1. The number of amides is 1. The molecule has 3 aromatic rings. The third-order valence-corrected chi connectivity index (χ3v) is 13.2. The van der Waals surface area contributed by atoms with E-state index >= 15 is 0 Å². The Bertz CT molecular complexity index is 1310. The van der Waals surface area contributed by atoms with Gasteiger partial charge in [-0.3, -0.25) is 0 Å². The number of nitrogens with zero attached hydrogens (tertiary/aromatic N) is 1. The number of carboxylic acids is 1. The zero-order valence-electron chi connectivity index (χ0n) is 18.7. The van der Waals surface area contributed by atoms with Crippen molar-refractivity contribution < 1.29 is 23.1 Å². The Balaban J connectivity index is 1.85. The summed E-state index contributed by atoms with van der Waals surface area (Å²) < 4.78 is 28.3. The van der Waals surface area contributed by atoms with Gasteiger partial charge < -0.3 is 0 Å². The van der Waals surface area contributed by atoms with Gasteiger partial charge in [0.25, 0.3) is 0 Å². The first kappa shape index (κ1) is 26.6. The second-order valence-corrected chi connectivity index (χ2v) is 26.0. The second-order valence-electron chi connectivity index (χ2n) is 8.81. The number of aromatic nitrogens is 1.